The number of benzene rings is 2. The van der Waals surface area contributed by atoms with Crippen LogP contribution in [0.3, 0.4) is 0 Å². The lowest BCUT2D eigenvalue weighted by atomic mass is 9.88. The quantitative estimate of drug-likeness (QED) is 0.799. The van der Waals surface area contributed by atoms with Crippen molar-refractivity contribution in [2.75, 3.05) is 11.1 Å². The van der Waals surface area contributed by atoms with Gasteiger partial charge in [0.2, 0.25) is 0 Å². The molecule has 1 aliphatic carbocycles. The molecule has 1 aliphatic rings. The minimum absolute atomic E-state index is 0.350. The second-order valence-electron chi connectivity index (χ2n) is 5.21. The monoisotopic (exact) mass is 306 g/mol. The highest BCUT2D eigenvalue weighted by atomic mass is 35.5. The van der Waals surface area contributed by atoms with Crippen LogP contribution in [0, 0.1) is 0 Å². The highest BCUT2D eigenvalue weighted by Gasteiger charge is 2.19. The van der Waals surface area contributed by atoms with Crippen molar-refractivity contribution in [3.05, 3.63) is 57.6 Å². The van der Waals surface area contributed by atoms with Crippen molar-refractivity contribution in [2.45, 2.75) is 25.3 Å². The molecule has 0 bridgehead atoms. The van der Waals surface area contributed by atoms with Gasteiger partial charge in [0.25, 0.3) is 0 Å². The Morgan fingerprint density at radius 1 is 1.05 bits per heavy atom. The SMILES string of the molecule is Nc1cc(Cl)c(NC2CCc3ccccc3C2)c(Cl)c1. The highest BCUT2D eigenvalue weighted by Crippen LogP contribution is 2.34. The maximum atomic E-state index is 6.23. The summed E-state index contributed by atoms with van der Waals surface area (Å²) >= 11 is 12.5. The molecule has 0 saturated carbocycles. The van der Waals surface area contributed by atoms with Crippen LogP contribution in [0.4, 0.5) is 11.4 Å². The van der Waals surface area contributed by atoms with E-state index < -0.39 is 0 Å². The summed E-state index contributed by atoms with van der Waals surface area (Å²) in [5, 5.41) is 4.62. The van der Waals surface area contributed by atoms with E-state index in [1.54, 1.807) is 12.1 Å². The molecular formula is C16H16Cl2N2. The van der Waals surface area contributed by atoms with Gasteiger partial charge in [0.1, 0.15) is 0 Å². The van der Waals surface area contributed by atoms with Crippen molar-refractivity contribution in [1.82, 2.24) is 0 Å². The summed E-state index contributed by atoms with van der Waals surface area (Å²) in [6.45, 7) is 0. The molecule has 2 nitrogen and oxygen atoms in total. The number of nitrogen functional groups attached to an aromatic ring is 1. The van der Waals surface area contributed by atoms with Crippen LogP contribution in [0.25, 0.3) is 0 Å². The molecule has 3 N–H and O–H groups in total. The van der Waals surface area contributed by atoms with Gasteiger partial charge in [-0.15, -0.1) is 0 Å². The molecule has 3 rings (SSSR count). The predicted molar refractivity (Wildman–Crippen MR) is 86.8 cm³/mol. The molecule has 0 fully saturated rings. The van der Waals surface area contributed by atoms with Crippen LogP contribution in [0.15, 0.2) is 36.4 Å². The van der Waals surface area contributed by atoms with Gasteiger partial charge in [0, 0.05) is 11.7 Å². The molecule has 1 unspecified atom stereocenters. The fourth-order valence-electron chi connectivity index (χ4n) is 2.76. The first-order valence-electron chi connectivity index (χ1n) is 6.71. The van der Waals surface area contributed by atoms with Crippen molar-refractivity contribution in [2.24, 2.45) is 0 Å². The number of halogens is 2. The molecule has 2 aromatic rings. The average molecular weight is 307 g/mol. The van der Waals surface area contributed by atoms with E-state index in [1.165, 1.54) is 11.1 Å². The van der Waals surface area contributed by atoms with E-state index in [0.717, 1.165) is 24.9 Å². The first-order valence-corrected chi connectivity index (χ1v) is 7.47. The third-order valence-electron chi connectivity index (χ3n) is 3.76. The Hall–Kier alpha value is -1.38. The van der Waals surface area contributed by atoms with Gasteiger partial charge in [-0.3, -0.25) is 0 Å². The van der Waals surface area contributed by atoms with Crippen LogP contribution >= 0.6 is 23.2 Å². The summed E-state index contributed by atoms with van der Waals surface area (Å²) in [6.07, 6.45) is 3.15. The van der Waals surface area contributed by atoms with E-state index >= 15 is 0 Å². The van der Waals surface area contributed by atoms with Crippen LogP contribution in [-0.4, -0.2) is 6.04 Å². The van der Waals surface area contributed by atoms with E-state index in [0.29, 0.717) is 21.8 Å². The third kappa shape index (κ3) is 2.72. The van der Waals surface area contributed by atoms with E-state index in [9.17, 15) is 0 Å². The number of nitrogens with two attached hydrogens (primary N) is 1. The van der Waals surface area contributed by atoms with Gasteiger partial charge in [0.05, 0.1) is 15.7 Å². The topological polar surface area (TPSA) is 38.0 Å². The Morgan fingerprint density at radius 2 is 1.70 bits per heavy atom. The van der Waals surface area contributed by atoms with Gasteiger partial charge < -0.3 is 11.1 Å². The molecule has 0 aliphatic heterocycles. The Labute approximate surface area is 128 Å². The second kappa shape index (κ2) is 5.55. The molecule has 2 aromatic carbocycles. The zero-order chi connectivity index (χ0) is 14.1. The normalized spacial score (nSPS) is 17.6. The van der Waals surface area contributed by atoms with Gasteiger partial charge in [0.15, 0.2) is 0 Å². The van der Waals surface area contributed by atoms with E-state index in [-0.39, 0.29) is 0 Å². The smallest absolute Gasteiger partial charge is 0.0722 e. The zero-order valence-corrected chi connectivity index (χ0v) is 12.5. The summed E-state index contributed by atoms with van der Waals surface area (Å²) in [6, 6.07) is 12.4. The van der Waals surface area contributed by atoms with Crippen LogP contribution in [0.2, 0.25) is 10.0 Å². The summed E-state index contributed by atoms with van der Waals surface area (Å²) in [4.78, 5) is 0. The predicted octanol–water partition coefficient (Wildman–Crippen LogP) is 4.55. The van der Waals surface area contributed by atoms with Crippen molar-refractivity contribution >= 4 is 34.6 Å². The number of anilines is 2. The summed E-state index contributed by atoms with van der Waals surface area (Å²) in [5.41, 5.74) is 9.94. The maximum absolute atomic E-state index is 6.23. The molecule has 104 valence electrons. The zero-order valence-electron chi connectivity index (χ0n) is 11.0. The minimum atomic E-state index is 0.350. The molecular weight excluding hydrogens is 291 g/mol. The van der Waals surface area contributed by atoms with Gasteiger partial charge in [-0.1, -0.05) is 47.5 Å². The highest BCUT2D eigenvalue weighted by molar-refractivity contribution is 6.39. The first kappa shape index (κ1) is 13.6. The maximum Gasteiger partial charge on any atom is 0.0722 e. The van der Waals surface area contributed by atoms with Crippen molar-refractivity contribution < 1.29 is 0 Å². The molecule has 0 spiro atoms. The molecule has 0 saturated heterocycles. The van der Waals surface area contributed by atoms with E-state index in [1.807, 2.05) is 0 Å². The first-order chi connectivity index (χ1) is 9.63. The lowest BCUT2D eigenvalue weighted by Crippen LogP contribution is -2.27. The standard InChI is InChI=1S/C16H16Cl2N2/c17-14-8-12(19)9-15(18)16(14)20-13-6-5-10-3-1-2-4-11(10)7-13/h1-4,8-9,13,20H,5-7,19H2. The number of rotatable bonds is 2. The number of fused-ring (bicyclic) bond motifs is 1. The van der Waals surface area contributed by atoms with Gasteiger partial charge in [-0.2, -0.15) is 0 Å². The fourth-order valence-corrected chi connectivity index (χ4v) is 3.37. The molecule has 0 radical (unpaired) electrons. The largest absolute Gasteiger partial charge is 0.399 e. The van der Waals surface area contributed by atoms with Gasteiger partial charge >= 0.3 is 0 Å². The molecule has 1 atom stereocenters. The Morgan fingerprint density at radius 3 is 2.40 bits per heavy atom. The molecule has 4 heteroatoms. The average Bonchev–Trinajstić information content (AvgIpc) is 2.42. The summed E-state index contributed by atoms with van der Waals surface area (Å²) < 4.78 is 0. The lowest BCUT2D eigenvalue weighted by molar-refractivity contribution is 0.611. The molecule has 0 aromatic heterocycles. The molecule has 0 heterocycles. The number of hydrogen-bond acceptors (Lipinski definition) is 2. The van der Waals surface area contributed by atoms with Crippen LogP contribution < -0.4 is 11.1 Å². The summed E-state index contributed by atoms with van der Waals surface area (Å²) in [7, 11) is 0. The fraction of sp³-hybridized carbons (Fsp3) is 0.250. The number of nitrogens with one attached hydrogen (secondary N) is 1. The van der Waals surface area contributed by atoms with Gasteiger partial charge in [-0.25, -0.2) is 0 Å². The number of aryl methyl sites for hydroxylation is 1. The second-order valence-corrected chi connectivity index (χ2v) is 6.03. The van der Waals surface area contributed by atoms with Crippen molar-refractivity contribution in [1.29, 1.82) is 0 Å². The van der Waals surface area contributed by atoms with Crippen LogP contribution in [-0.2, 0) is 12.8 Å². The van der Waals surface area contributed by atoms with E-state index in [2.05, 4.69) is 29.6 Å². The molecule has 20 heavy (non-hydrogen) atoms. The minimum Gasteiger partial charge on any atom is -0.399 e. The van der Waals surface area contributed by atoms with Crippen LogP contribution in [0.5, 0.6) is 0 Å². The Kier molecular flexibility index (Phi) is 3.77. The van der Waals surface area contributed by atoms with Crippen molar-refractivity contribution in [3.8, 4) is 0 Å². The van der Waals surface area contributed by atoms with Crippen LogP contribution in [0.1, 0.15) is 17.5 Å². The lowest BCUT2D eigenvalue weighted by Gasteiger charge is -2.27. The Bertz CT molecular complexity index is 617. The third-order valence-corrected chi connectivity index (χ3v) is 4.36. The Balaban J connectivity index is 1.80. The number of hydrogen-bond donors (Lipinski definition) is 2. The summed E-state index contributed by atoms with van der Waals surface area (Å²) in [5.74, 6) is 0. The van der Waals surface area contributed by atoms with E-state index in [4.69, 9.17) is 28.9 Å². The molecule has 0 amide bonds. The van der Waals surface area contributed by atoms with Crippen molar-refractivity contribution in [3.63, 3.8) is 0 Å². The van der Waals surface area contributed by atoms with Gasteiger partial charge in [-0.05, 0) is 42.5 Å².